The number of carbonyl (C=O) groups is 1. The van der Waals surface area contributed by atoms with E-state index in [4.69, 9.17) is 16.3 Å². The van der Waals surface area contributed by atoms with Gasteiger partial charge in [-0.3, -0.25) is 9.36 Å². The second-order valence-electron chi connectivity index (χ2n) is 6.34. The van der Waals surface area contributed by atoms with E-state index in [1.54, 1.807) is 25.3 Å². The maximum atomic E-state index is 13.3. The van der Waals surface area contributed by atoms with E-state index < -0.39 is 0 Å². The van der Waals surface area contributed by atoms with Crippen molar-refractivity contribution >= 4 is 35.3 Å². The molecule has 2 aromatic carbocycles. The third-order valence-electron chi connectivity index (χ3n) is 4.09. The van der Waals surface area contributed by atoms with Crippen molar-refractivity contribution in [2.75, 3.05) is 12.9 Å². The normalized spacial score (nSPS) is 10.9. The number of hydrogen-bond donors (Lipinski definition) is 1. The maximum Gasteiger partial charge on any atom is 0.244 e. The van der Waals surface area contributed by atoms with Gasteiger partial charge >= 0.3 is 0 Å². The minimum atomic E-state index is -0.361. The van der Waals surface area contributed by atoms with E-state index in [-0.39, 0.29) is 18.3 Å². The van der Waals surface area contributed by atoms with Gasteiger partial charge in [0, 0.05) is 22.5 Å². The lowest BCUT2D eigenvalue weighted by molar-refractivity contribution is -0.116. The zero-order valence-corrected chi connectivity index (χ0v) is 18.3. The summed E-state index contributed by atoms with van der Waals surface area (Å²) in [6.07, 6.45) is 2.88. The van der Waals surface area contributed by atoms with Crippen LogP contribution in [0, 0.1) is 5.82 Å². The molecule has 1 N–H and O–H groups in total. The van der Waals surface area contributed by atoms with Gasteiger partial charge in [0.25, 0.3) is 0 Å². The number of ether oxygens (including phenoxy) is 1. The Morgan fingerprint density at radius 2 is 2.06 bits per heavy atom. The smallest absolute Gasteiger partial charge is 0.244 e. The number of halogens is 2. The summed E-state index contributed by atoms with van der Waals surface area (Å²) in [4.78, 5) is 12.2. The molecule has 3 aromatic rings. The number of thioether (sulfide) groups is 1. The molecule has 0 atom stereocenters. The van der Waals surface area contributed by atoms with Crippen LogP contribution >= 0.6 is 23.4 Å². The molecule has 6 nitrogen and oxygen atoms in total. The van der Waals surface area contributed by atoms with Crippen LogP contribution in [0.4, 0.5) is 4.39 Å². The number of carbonyl (C=O) groups excluding carboxylic acids is 1. The summed E-state index contributed by atoms with van der Waals surface area (Å²) >= 11 is 7.28. The minimum absolute atomic E-state index is 0.147. The molecule has 1 heterocycles. The number of methoxy groups -OCH3 is 1. The molecule has 0 bridgehead atoms. The molecule has 0 fully saturated rings. The monoisotopic (exact) mass is 458 g/mol. The number of aromatic nitrogens is 3. The third kappa shape index (κ3) is 6.44. The first-order chi connectivity index (χ1) is 15.0. The molecule has 1 amide bonds. The zero-order valence-electron chi connectivity index (χ0n) is 16.7. The molecular formula is C22H20ClFN4O2S. The van der Waals surface area contributed by atoms with Crippen molar-refractivity contribution in [3.8, 4) is 11.4 Å². The Kier molecular flexibility index (Phi) is 7.86. The van der Waals surface area contributed by atoms with Gasteiger partial charge in [-0.25, -0.2) is 4.39 Å². The molecule has 0 aliphatic heterocycles. The third-order valence-corrected chi connectivity index (χ3v) is 5.39. The highest BCUT2D eigenvalue weighted by Gasteiger charge is 2.15. The quantitative estimate of drug-likeness (QED) is 0.375. The number of nitrogens with one attached hydrogen (secondary N) is 1. The van der Waals surface area contributed by atoms with E-state index in [0.717, 1.165) is 11.4 Å². The molecule has 0 radical (unpaired) electrons. The van der Waals surface area contributed by atoms with Crippen molar-refractivity contribution in [2.24, 2.45) is 0 Å². The van der Waals surface area contributed by atoms with E-state index in [0.29, 0.717) is 27.3 Å². The van der Waals surface area contributed by atoms with Crippen molar-refractivity contribution in [3.05, 3.63) is 83.4 Å². The summed E-state index contributed by atoms with van der Waals surface area (Å²) in [5, 5.41) is 12.3. The highest BCUT2D eigenvalue weighted by Crippen LogP contribution is 2.25. The van der Waals surface area contributed by atoms with Crippen LogP contribution in [-0.4, -0.2) is 33.5 Å². The first-order valence-electron chi connectivity index (χ1n) is 9.22. The van der Waals surface area contributed by atoms with Crippen molar-refractivity contribution < 1.29 is 13.9 Å². The van der Waals surface area contributed by atoms with Crippen molar-refractivity contribution in [2.45, 2.75) is 11.7 Å². The summed E-state index contributed by atoms with van der Waals surface area (Å²) in [6.45, 7) is 3.84. The second kappa shape index (κ2) is 10.8. The Labute approximate surface area is 188 Å². The van der Waals surface area contributed by atoms with Gasteiger partial charge in [-0.15, -0.1) is 10.2 Å². The molecule has 1 aromatic heterocycles. The van der Waals surface area contributed by atoms with Crippen molar-refractivity contribution in [1.29, 1.82) is 0 Å². The van der Waals surface area contributed by atoms with Crippen LogP contribution in [0.1, 0.15) is 11.4 Å². The molecule has 31 heavy (non-hydrogen) atoms. The summed E-state index contributed by atoms with van der Waals surface area (Å²) in [5.74, 6) is 1.04. The largest absolute Gasteiger partial charge is 0.497 e. The van der Waals surface area contributed by atoms with E-state index >= 15 is 0 Å². The summed E-state index contributed by atoms with van der Waals surface area (Å²) in [6, 6.07) is 13.4. The van der Waals surface area contributed by atoms with E-state index in [2.05, 4.69) is 22.1 Å². The van der Waals surface area contributed by atoms with Gasteiger partial charge in [0.05, 0.1) is 13.7 Å². The maximum absolute atomic E-state index is 13.3. The van der Waals surface area contributed by atoms with Crippen molar-refractivity contribution in [3.63, 3.8) is 0 Å². The summed E-state index contributed by atoms with van der Waals surface area (Å²) in [7, 11) is 1.60. The second-order valence-corrected chi connectivity index (χ2v) is 7.82. The van der Waals surface area contributed by atoms with E-state index in [1.165, 1.54) is 30.0 Å². The molecule has 160 valence electrons. The van der Waals surface area contributed by atoms with Gasteiger partial charge in [-0.05, 0) is 48.0 Å². The lowest BCUT2D eigenvalue weighted by atomic mass is 10.2. The topological polar surface area (TPSA) is 69.0 Å². The Bertz CT molecular complexity index is 1100. The lowest BCUT2D eigenvalue weighted by Crippen LogP contribution is -2.22. The number of hydrogen-bond acceptors (Lipinski definition) is 5. The fourth-order valence-electron chi connectivity index (χ4n) is 2.65. The van der Waals surface area contributed by atoms with Crippen LogP contribution in [0.25, 0.3) is 11.8 Å². The Morgan fingerprint density at radius 1 is 1.29 bits per heavy atom. The molecule has 0 aliphatic carbocycles. The highest BCUT2D eigenvalue weighted by atomic mass is 35.5. The average Bonchev–Trinajstić information content (AvgIpc) is 3.17. The minimum Gasteiger partial charge on any atom is -0.497 e. The number of nitrogens with zero attached hydrogens (tertiary/aromatic N) is 3. The van der Waals surface area contributed by atoms with Crippen LogP contribution in [0.3, 0.4) is 0 Å². The predicted molar refractivity (Wildman–Crippen MR) is 121 cm³/mol. The van der Waals surface area contributed by atoms with Crippen LogP contribution in [0.15, 0.2) is 71.4 Å². The van der Waals surface area contributed by atoms with Gasteiger partial charge in [0.15, 0.2) is 11.0 Å². The first-order valence-corrected chi connectivity index (χ1v) is 10.6. The molecule has 0 aliphatic rings. The van der Waals surface area contributed by atoms with Gasteiger partial charge < -0.3 is 10.1 Å². The van der Waals surface area contributed by atoms with Gasteiger partial charge in [0.1, 0.15) is 11.6 Å². The first kappa shape index (κ1) is 22.6. The highest BCUT2D eigenvalue weighted by molar-refractivity contribution is 7.99. The van der Waals surface area contributed by atoms with Crippen LogP contribution in [-0.2, 0) is 11.3 Å². The Morgan fingerprint density at radius 3 is 2.74 bits per heavy atom. The standard InChI is InChI=1S/C22H20ClFN4O2S/c1-15(23)14-31-22-27-26-20(28(22)18-7-9-19(30-2)10-8-18)13-25-21(29)11-6-16-4-3-5-17(24)12-16/h3-12H,1,13-14H2,2H3,(H,25,29). The Balaban J connectivity index is 1.76. The van der Waals surface area contributed by atoms with Gasteiger partial charge in [-0.1, -0.05) is 42.1 Å². The van der Waals surface area contributed by atoms with Crippen molar-refractivity contribution in [1.82, 2.24) is 20.1 Å². The average molecular weight is 459 g/mol. The Hall–Kier alpha value is -3.10. The molecule has 0 spiro atoms. The molecule has 0 saturated heterocycles. The summed E-state index contributed by atoms with van der Waals surface area (Å²) in [5.41, 5.74) is 1.41. The molecular weight excluding hydrogens is 439 g/mol. The van der Waals surface area contributed by atoms with E-state index in [1.807, 2.05) is 28.8 Å². The molecule has 0 saturated carbocycles. The van der Waals surface area contributed by atoms with E-state index in [9.17, 15) is 9.18 Å². The lowest BCUT2D eigenvalue weighted by Gasteiger charge is -2.11. The molecule has 3 rings (SSSR count). The SMILES string of the molecule is C=C(Cl)CSc1nnc(CNC(=O)C=Cc2cccc(F)c2)n1-c1ccc(OC)cc1. The fraction of sp³-hybridized carbons (Fsp3) is 0.136. The summed E-state index contributed by atoms with van der Waals surface area (Å²) < 4.78 is 20.3. The predicted octanol–water partition coefficient (Wildman–Crippen LogP) is 4.59. The molecule has 9 heteroatoms. The number of rotatable bonds is 9. The van der Waals surface area contributed by atoms with Crippen LogP contribution < -0.4 is 10.1 Å². The fourth-order valence-corrected chi connectivity index (χ4v) is 3.54. The van der Waals surface area contributed by atoms with Gasteiger partial charge in [-0.2, -0.15) is 0 Å². The van der Waals surface area contributed by atoms with Crippen LogP contribution in [0.2, 0.25) is 0 Å². The van der Waals surface area contributed by atoms with Crippen LogP contribution in [0.5, 0.6) is 5.75 Å². The zero-order chi connectivity index (χ0) is 22.2. The number of benzene rings is 2. The van der Waals surface area contributed by atoms with Gasteiger partial charge in [0.2, 0.25) is 5.91 Å². The molecule has 0 unspecified atom stereocenters. The number of amides is 1.